The van der Waals surface area contributed by atoms with E-state index in [-0.39, 0.29) is 0 Å². The number of hydrogen-bond donors (Lipinski definition) is 1. The van der Waals surface area contributed by atoms with Crippen molar-refractivity contribution in [1.29, 1.82) is 5.26 Å². The average molecular weight is 290 g/mol. The van der Waals surface area contributed by atoms with Crippen LogP contribution in [0.3, 0.4) is 0 Å². The predicted molar refractivity (Wildman–Crippen MR) is 88.9 cm³/mol. The summed E-state index contributed by atoms with van der Waals surface area (Å²) < 4.78 is 0. The monoisotopic (exact) mass is 290 g/mol. The van der Waals surface area contributed by atoms with Gasteiger partial charge in [0.15, 0.2) is 0 Å². The van der Waals surface area contributed by atoms with Gasteiger partial charge in [-0.05, 0) is 44.4 Å². The van der Waals surface area contributed by atoms with Crippen LogP contribution in [-0.4, -0.2) is 17.3 Å². The van der Waals surface area contributed by atoms with Crippen LogP contribution in [0.2, 0.25) is 0 Å². The van der Waals surface area contributed by atoms with Gasteiger partial charge in [-0.2, -0.15) is 17.0 Å². The van der Waals surface area contributed by atoms with E-state index in [0.29, 0.717) is 5.25 Å². The molecule has 0 saturated heterocycles. The van der Waals surface area contributed by atoms with Crippen LogP contribution in [0.4, 0.5) is 0 Å². The zero-order chi connectivity index (χ0) is 15.0. The molecule has 0 radical (unpaired) electrons. The molecule has 2 atom stereocenters. The molecule has 1 rings (SSSR count). The Bertz CT molecular complexity index is 453. The molecule has 0 heterocycles. The van der Waals surface area contributed by atoms with Crippen LogP contribution in [0.15, 0.2) is 24.3 Å². The number of nitriles is 1. The van der Waals surface area contributed by atoms with Crippen molar-refractivity contribution in [2.45, 2.75) is 57.1 Å². The van der Waals surface area contributed by atoms with E-state index in [1.165, 1.54) is 11.1 Å². The molecule has 0 fully saturated rings. The van der Waals surface area contributed by atoms with Gasteiger partial charge >= 0.3 is 0 Å². The van der Waals surface area contributed by atoms with Gasteiger partial charge < -0.3 is 0 Å². The van der Waals surface area contributed by atoms with Gasteiger partial charge in [-0.25, -0.2) is 0 Å². The van der Waals surface area contributed by atoms with Crippen LogP contribution >= 0.6 is 11.8 Å². The van der Waals surface area contributed by atoms with Crippen molar-refractivity contribution in [3.05, 3.63) is 35.4 Å². The number of rotatable bonds is 8. The number of nitrogens with one attached hydrogen (secondary N) is 1. The maximum Gasteiger partial charge on any atom is 0.104 e. The van der Waals surface area contributed by atoms with Gasteiger partial charge in [0.25, 0.3) is 0 Å². The smallest absolute Gasteiger partial charge is 0.104 e. The second-order valence-electron chi connectivity index (χ2n) is 5.62. The maximum absolute atomic E-state index is 9.37. The van der Waals surface area contributed by atoms with Crippen molar-refractivity contribution in [3.63, 3.8) is 0 Å². The van der Waals surface area contributed by atoms with E-state index in [9.17, 15) is 5.26 Å². The summed E-state index contributed by atoms with van der Waals surface area (Å²) in [4.78, 5) is 0. The molecule has 0 spiro atoms. The van der Waals surface area contributed by atoms with E-state index in [0.717, 1.165) is 25.1 Å². The molecule has 0 bridgehead atoms. The van der Waals surface area contributed by atoms with Gasteiger partial charge in [-0.15, -0.1) is 0 Å². The lowest BCUT2D eigenvalue weighted by Gasteiger charge is -2.26. The summed E-state index contributed by atoms with van der Waals surface area (Å²) in [6.45, 7) is 9.41. The second-order valence-corrected chi connectivity index (χ2v) is 7.05. The molecular weight excluding hydrogens is 264 g/mol. The summed E-state index contributed by atoms with van der Waals surface area (Å²) in [6.07, 6.45) is 1.93. The first-order valence-electron chi connectivity index (χ1n) is 7.33. The Labute approximate surface area is 128 Å². The molecule has 20 heavy (non-hydrogen) atoms. The fraction of sp³-hybridized carbons (Fsp3) is 0.588. The van der Waals surface area contributed by atoms with Gasteiger partial charge in [0, 0.05) is 11.0 Å². The number of hydrogen-bond acceptors (Lipinski definition) is 3. The summed E-state index contributed by atoms with van der Waals surface area (Å²) in [5.74, 6) is 1.02. The SMILES string of the molecule is CCCNC(C)(C#N)CC(C)SCc1ccccc1C. The Hall–Kier alpha value is -0.980. The molecule has 1 aromatic carbocycles. The van der Waals surface area contributed by atoms with Crippen LogP contribution in [-0.2, 0) is 5.75 Å². The van der Waals surface area contributed by atoms with E-state index >= 15 is 0 Å². The average Bonchev–Trinajstić information content (AvgIpc) is 2.44. The van der Waals surface area contributed by atoms with E-state index in [2.05, 4.69) is 56.4 Å². The highest BCUT2D eigenvalue weighted by molar-refractivity contribution is 7.99. The Morgan fingerprint density at radius 2 is 2.10 bits per heavy atom. The Balaban J connectivity index is 2.49. The van der Waals surface area contributed by atoms with Gasteiger partial charge in [-0.1, -0.05) is 38.1 Å². The first kappa shape index (κ1) is 17.1. The summed E-state index contributed by atoms with van der Waals surface area (Å²) in [5, 5.41) is 13.2. The van der Waals surface area contributed by atoms with Crippen LogP contribution in [0.5, 0.6) is 0 Å². The predicted octanol–water partition coefficient (Wildman–Crippen LogP) is 4.29. The molecule has 3 heteroatoms. The highest BCUT2D eigenvalue weighted by Gasteiger charge is 2.25. The van der Waals surface area contributed by atoms with Crippen LogP contribution in [0, 0.1) is 18.3 Å². The fourth-order valence-corrected chi connectivity index (χ4v) is 3.44. The molecule has 0 saturated carbocycles. The lowest BCUT2D eigenvalue weighted by molar-refractivity contribution is 0.418. The summed E-state index contributed by atoms with van der Waals surface area (Å²) in [5.41, 5.74) is 2.33. The Morgan fingerprint density at radius 3 is 2.70 bits per heavy atom. The number of nitrogens with zero attached hydrogens (tertiary/aromatic N) is 1. The highest BCUT2D eigenvalue weighted by Crippen LogP contribution is 2.25. The minimum atomic E-state index is -0.409. The standard InChI is InChI=1S/C17H26N2S/c1-5-10-19-17(4,13-18)11-15(3)20-12-16-9-7-6-8-14(16)2/h6-9,15,19H,5,10-12H2,1-4H3. The lowest BCUT2D eigenvalue weighted by Crippen LogP contribution is -2.43. The summed E-state index contributed by atoms with van der Waals surface area (Å²) >= 11 is 1.93. The Morgan fingerprint density at radius 1 is 1.40 bits per heavy atom. The first-order valence-corrected chi connectivity index (χ1v) is 8.38. The lowest BCUT2D eigenvalue weighted by atomic mass is 9.98. The van der Waals surface area contributed by atoms with Gasteiger partial charge in [0.1, 0.15) is 5.54 Å². The van der Waals surface area contributed by atoms with Crippen LogP contribution < -0.4 is 5.32 Å². The minimum absolute atomic E-state index is 0.409. The second kappa shape index (κ2) is 8.34. The topological polar surface area (TPSA) is 35.8 Å². The van der Waals surface area contributed by atoms with Crippen molar-refractivity contribution in [3.8, 4) is 6.07 Å². The summed E-state index contributed by atoms with van der Waals surface area (Å²) in [7, 11) is 0. The molecule has 0 aromatic heterocycles. The maximum atomic E-state index is 9.37. The summed E-state index contributed by atoms with van der Waals surface area (Å²) in [6, 6.07) is 10.9. The third kappa shape index (κ3) is 5.56. The van der Waals surface area contributed by atoms with Crippen molar-refractivity contribution >= 4 is 11.8 Å². The third-order valence-electron chi connectivity index (χ3n) is 3.49. The van der Waals surface area contributed by atoms with Gasteiger partial charge in [-0.3, -0.25) is 5.32 Å². The van der Waals surface area contributed by atoms with Crippen molar-refractivity contribution in [1.82, 2.24) is 5.32 Å². The molecule has 0 aliphatic rings. The van der Waals surface area contributed by atoms with Crippen LogP contribution in [0.25, 0.3) is 0 Å². The number of thioether (sulfide) groups is 1. The minimum Gasteiger partial charge on any atom is -0.300 e. The van der Waals surface area contributed by atoms with E-state index < -0.39 is 5.54 Å². The van der Waals surface area contributed by atoms with Crippen molar-refractivity contribution in [2.24, 2.45) is 0 Å². The molecule has 1 N–H and O–H groups in total. The normalized spacial score (nSPS) is 15.3. The molecule has 2 unspecified atom stereocenters. The van der Waals surface area contributed by atoms with Crippen LogP contribution in [0.1, 0.15) is 44.7 Å². The van der Waals surface area contributed by atoms with E-state index in [4.69, 9.17) is 0 Å². The molecule has 1 aromatic rings. The van der Waals surface area contributed by atoms with E-state index in [1.807, 2.05) is 18.7 Å². The zero-order valence-corrected chi connectivity index (χ0v) is 13.9. The molecule has 0 aliphatic heterocycles. The quantitative estimate of drug-likeness (QED) is 0.776. The fourth-order valence-electron chi connectivity index (χ4n) is 2.20. The van der Waals surface area contributed by atoms with Gasteiger partial charge in [0.05, 0.1) is 6.07 Å². The molecular formula is C17H26N2S. The zero-order valence-electron chi connectivity index (χ0n) is 13.1. The van der Waals surface area contributed by atoms with Crippen molar-refractivity contribution in [2.75, 3.05) is 6.54 Å². The number of benzene rings is 1. The number of aryl methyl sites for hydroxylation is 1. The Kier molecular flexibility index (Phi) is 7.12. The van der Waals surface area contributed by atoms with Gasteiger partial charge in [0.2, 0.25) is 0 Å². The van der Waals surface area contributed by atoms with E-state index in [1.54, 1.807) is 0 Å². The largest absolute Gasteiger partial charge is 0.300 e. The molecule has 0 aliphatic carbocycles. The molecule has 0 amide bonds. The third-order valence-corrected chi connectivity index (χ3v) is 4.71. The molecule has 2 nitrogen and oxygen atoms in total. The molecule has 110 valence electrons. The highest BCUT2D eigenvalue weighted by atomic mass is 32.2. The first-order chi connectivity index (χ1) is 9.50. The van der Waals surface area contributed by atoms with Crippen molar-refractivity contribution < 1.29 is 0 Å².